The topological polar surface area (TPSA) is 144 Å². The molecule has 0 fully saturated rings. The fraction of sp³-hybridized carbons (Fsp3) is 0.583. The van der Waals surface area contributed by atoms with Gasteiger partial charge in [-0.15, -0.1) is 12.4 Å². The standard InChI is InChI=1S/C12H19N3O2.2C12H21N3.ClH/c1-4-8-14(9-5-2)12-7-6-11(15(16)17)10(3)13-12;2*1-4-8-15(9-5-2)12-7-6-11(13)10(3)14-12;/h6-7H,4-5,8-9H2,1-3H3;2*6-7H,4-5,8-9,13H2,1-3H3;1H. The van der Waals surface area contributed by atoms with Gasteiger partial charge < -0.3 is 26.2 Å². The lowest BCUT2D eigenvalue weighted by molar-refractivity contribution is -0.385. The van der Waals surface area contributed by atoms with Crippen molar-refractivity contribution < 1.29 is 4.92 Å². The van der Waals surface area contributed by atoms with E-state index in [9.17, 15) is 10.1 Å². The van der Waals surface area contributed by atoms with Gasteiger partial charge in [-0.05, 0) is 89.6 Å². The third-order valence-corrected chi connectivity index (χ3v) is 7.40. The second-order valence-corrected chi connectivity index (χ2v) is 11.7. The van der Waals surface area contributed by atoms with Gasteiger partial charge in [0.1, 0.15) is 23.1 Å². The SMILES string of the molecule is CCCN(CCC)c1ccc(N)c(C)n1.CCCN(CCC)c1ccc(N)c(C)n1.CCCN(CCC)c1ccc([N+](=O)[O-])c(C)n1.Cl. The molecule has 0 spiro atoms. The summed E-state index contributed by atoms with van der Waals surface area (Å²) >= 11 is 0. The van der Waals surface area contributed by atoms with E-state index in [4.69, 9.17) is 11.5 Å². The van der Waals surface area contributed by atoms with Crippen LogP contribution in [0.1, 0.15) is 97.1 Å². The Labute approximate surface area is 296 Å². The normalized spacial score (nSPS) is 10.1. The Hall–Kier alpha value is -3.86. The summed E-state index contributed by atoms with van der Waals surface area (Å²) in [6.45, 7) is 24.7. The van der Waals surface area contributed by atoms with Crippen LogP contribution in [-0.4, -0.2) is 59.1 Å². The molecule has 0 saturated carbocycles. The maximum Gasteiger partial charge on any atom is 0.290 e. The molecule has 270 valence electrons. The van der Waals surface area contributed by atoms with Crippen molar-refractivity contribution >= 4 is 46.9 Å². The molecule has 3 aromatic heterocycles. The molecule has 0 bridgehead atoms. The predicted octanol–water partition coefficient (Wildman–Crippen LogP) is 8.54. The molecule has 0 atom stereocenters. The van der Waals surface area contributed by atoms with E-state index in [1.54, 1.807) is 13.0 Å². The molecule has 0 radical (unpaired) electrons. The fourth-order valence-electron chi connectivity index (χ4n) is 5.02. The lowest BCUT2D eigenvalue weighted by Crippen LogP contribution is -2.26. The highest BCUT2D eigenvalue weighted by atomic mass is 35.5. The number of anilines is 5. The molecule has 0 aromatic carbocycles. The molecule has 0 aliphatic carbocycles. The number of nitrogen functional groups attached to an aromatic ring is 2. The van der Waals surface area contributed by atoms with Gasteiger partial charge in [0.05, 0.1) is 27.7 Å². The van der Waals surface area contributed by atoms with Gasteiger partial charge in [-0.1, -0.05) is 41.5 Å². The Kier molecular flexibility index (Phi) is 22.4. The minimum absolute atomic E-state index is 0. The maximum atomic E-state index is 10.7. The Bertz CT molecular complexity index is 1260. The molecular formula is C36H62ClN9O2. The molecule has 3 rings (SSSR count). The summed E-state index contributed by atoms with van der Waals surface area (Å²) in [6, 6.07) is 11.2. The second-order valence-electron chi connectivity index (χ2n) is 11.7. The number of aryl methyl sites for hydroxylation is 3. The molecule has 0 aliphatic heterocycles. The lowest BCUT2D eigenvalue weighted by atomic mass is 10.3. The van der Waals surface area contributed by atoms with Crippen molar-refractivity contribution in [2.75, 3.05) is 65.4 Å². The number of hydrogen-bond donors (Lipinski definition) is 2. The van der Waals surface area contributed by atoms with Gasteiger partial charge in [-0.3, -0.25) is 10.1 Å². The first-order valence-corrected chi connectivity index (χ1v) is 17.3. The zero-order chi connectivity index (χ0) is 35.4. The van der Waals surface area contributed by atoms with Crippen LogP contribution < -0.4 is 26.2 Å². The highest BCUT2D eigenvalue weighted by molar-refractivity contribution is 5.85. The number of pyridine rings is 3. The van der Waals surface area contributed by atoms with Gasteiger partial charge in [-0.25, -0.2) is 15.0 Å². The number of hydrogen-bond acceptors (Lipinski definition) is 10. The molecular weight excluding hydrogens is 626 g/mol. The van der Waals surface area contributed by atoms with Gasteiger partial charge >= 0.3 is 0 Å². The van der Waals surface area contributed by atoms with Crippen molar-refractivity contribution in [3.8, 4) is 0 Å². The number of rotatable bonds is 16. The van der Waals surface area contributed by atoms with Crippen molar-refractivity contribution in [1.82, 2.24) is 15.0 Å². The van der Waals surface area contributed by atoms with E-state index in [0.29, 0.717) is 5.69 Å². The van der Waals surface area contributed by atoms with Gasteiger partial charge in [0, 0.05) is 45.3 Å². The quantitative estimate of drug-likeness (QED) is 0.111. The first-order chi connectivity index (χ1) is 22.5. The zero-order valence-electron chi connectivity index (χ0n) is 31.0. The Morgan fingerprint density at radius 3 is 1.04 bits per heavy atom. The van der Waals surface area contributed by atoms with Crippen LogP contribution in [0.3, 0.4) is 0 Å². The molecule has 11 nitrogen and oxygen atoms in total. The van der Waals surface area contributed by atoms with E-state index in [-0.39, 0.29) is 18.1 Å². The van der Waals surface area contributed by atoms with Crippen LogP contribution >= 0.6 is 12.4 Å². The number of halogens is 1. The Morgan fingerprint density at radius 2 is 0.812 bits per heavy atom. The van der Waals surface area contributed by atoms with Crippen LogP contribution in [0.5, 0.6) is 0 Å². The van der Waals surface area contributed by atoms with Gasteiger partial charge in [0.2, 0.25) is 0 Å². The highest BCUT2D eigenvalue weighted by Gasteiger charge is 2.14. The Balaban J connectivity index is 0.000000685. The van der Waals surface area contributed by atoms with Crippen molar-refractivity contribution in [1.29, 1.82) is 0 Å². The predicted molar refractivity (Wildman–Crippen MR) is 208 cm³/mol. The summed E-state index contributed by atoms with van der Waals surface area (Å²) in [5.41, 5.74) is 15.5. The second kappa shape index (κ2) is 24.3. The van der Waals surface area contributed by atoms with E-state index >= 15 is 0 Å². The summed E-state index contributed by atoms with van der Waals surface area (Å²) in [4.78, 5) is 30.4. The average Bonchev–Trinajstić information content (AvgIpc) is 3.04. The molecule has 0 aliphatic rings. The average molecular weight is 688 g/mol. The molecule has 0 saturated heterocycles. The molecule has 0 amide bonds. The number of nitrogens with two attached hydrogens (primary N) is 2. The van der Waals surface area contributed by atoms with Crippen molar-refractivity contribution in [3.05, 3.63) is 63.6 Å². The largest absolute Gasteiger partial charge is 0.397 e. The van der Waals surface area contributed by atoms with Gasteiger partial charge in [-0.2, -0.15) is 0 Å². The lowest BCUT2D eigenvalue weighted by Gasteiger charge is -2.23. The van der Waals surface area contributed by atoms with Crippen molar-refractivity contribution in [3.63, 3.8) is 0 Å². The van der Waals surface area contributed by atoms with Gasteiger partial charge in [0.25, 0.3) is 5.69 Å². The molecule has 48 heavy (non-hydrogen) atoms. The first kappa shape index (κ1) is 44.1. The summed E-state index contributed by atoms with van der Waals surface area (Å²) in [7, 11) is 0. The van der Waals surface area contributed by atoms with E-state index < -0.39 is 4.92 Å². The first-order valence-electron chi connectivity index (χ1n) is 17.3. The van der Waals surface area contributed by atoms with Crippen LogP contribution in [0.2, 0.25) is 0 Å². The molecule has 0 unspecified atom stereocenters. The molecule has 4 N–H and O–H groups in total. The summed E-state index contributed by atoms with van der Waals surface area (Å²) in [6.07, 6.45) is 6.65. The zero-order valence-corrected chi connectivity index (χ0v) is 31.8. The van der Waals surface area contributed by atoms with Crippen LogP contribution in [0, 0.1) is 30.9 Å². The van der Waals surface area contributed by atoms with E-state index in [0.717, 1.165) is 118 Å². The number of nitro groups is 1. The van der Waals surface area contributed by atoms with E-state index in [1.807, 2.05) is 38.1 Å². The van der Waals surface area contributed by atoms with Crippen LogP contribution in [0.25, 0.3) is 0 Å². The van der Waals surface area contributed by atoms with Crippen LogP contribution in [-0.2, 0) is 0 Å². The maximum absolute atomic E-state index is 10.7. The Morgan fingerprint density at radius 1 is 0.542 bits per heavy atom. The van der Waals surface area contributed by atoms with Crippen LogP contribution in [0.15, 0.2) is 36.4 Å². The molecule has 12 heteroatoms. The third kappa shape index (κ3) is 14.9. The van der Waals surface area contributed by atoms with E-state index in [2.05, 4.69) is 71.2 Å². The molecule has 3 aromatic rings. The fourth-order valence-corrected chi connectivity index (χ4v) is 5.02. The summed E-state index contributed by atoms with van der Waals surface area (Å²) < 4.78 is 0. The smallest absolute Gasteiger partial charge is 0.290 e. The minimum Gasteiger partial charge on any atom is -0.397 e. The van der Waals surface area contributed by atoms with Gasteiger partial charge in [0.15, 0.2) is 0 Å². The summed E-state index contributed by atoms with van der Waals surface area (Å²) in [5.74, 6) is 2.92. The number of aromatic nitrogens is 3. The van der Waals surface area contributed by atoms with Crippen molar-refractivity contribution in [2.24, 2.45) is 0 Å². The monoisotopic (exact) mass is 687 g/mol. The van der Waals surface area contributed by atoms with E-state index in [1.165, 1.54) is 6.07 Å². The summed E-state index contributed by atoms with van der Waals surface area (Å²) in [5, 5.41) is 10.7. The number of nitrogens with zero attached hydrogens (tertiary/aromatic N) is 7. The van der Waals surface area contributed by atoms with Crippen LogP contribution in [0.4, 0.5) is 34.5 Å². The third-order valence-electron chi connectivity index (χ3n) is 7.40. The van der Waals surface area contributed by atoms with Crippen molar-refractivity contribution in [2.45, 2.75) is 101 Å². The minimum atomic E-state index is -0.393. The molecule has 3 heterocycles. The highest BCUT2D eigenvalue weighted by Crippen LogP contribution is 2.21.